The lowest BCUT2D eigenvalue weighted by Crippen LogP contribution is -2.35. The van der Waals surface area contributed by atoms with Crippen LogP contribution in [0.4, 0.5) is 11.4 Å². The van der Waals surface area contributed by atoms with Gasteiger partial charge in [0.2, 0.25) is 11.0 Å². The van der Waals surface area contributed by atoms with E-state index < -0.39 is 0 Å². The van der Waals surface area contributed by atoms with Gasteiger partial charge in [-0.05, 0) is 18.6 Å². The summed E-state index contributed by atoms with van der Waals surface area (Å²) in [6.45, 7) is 3.33. The molecule has 1 aliphatic heterocycles. The molecule has 3 heterocycles. The van der Waals surface area contributed by atoms with Crippen LogP contribution in [0.5, 0.6) is 0 Å². The number of hydrogen-bond acceptors (Lipinski definition) is 2. The summed E-state index contributed by atoms with van der Waals surface area (Å²) in [5.41, 5.74) is 4.83. The zero-order valence-electron chi connectivity index (χ0n) is 17.8. The fourth-order valence-electron chi connectivity index (χ4n) is 4.42. The minimum absolute atomic E-state index is 0.630. The van der Waals surface area contributed by atoms with Crippen molar-refractivity contribution in [2.45, 2.75) is 32.4 Å². The van der Waals surface area contributed by atoms with E-state index in [4.69, 9.17) is 0 Å². The van der Waals surface area contributed by atoms with E-state index in [9.17, 15) is 0 Å². The van der Waals surface area contributed by atoms with Crippen LogP contribution in [0.25, 0.3) is 21.8 Å². The highest BCUT2D eigenvalue weighted by atomic mass is 15.0. The van der Waals surface area contributed by atoms with Crippen LogP contribution in [0.15, 0.2) is 73.1 Å². The molecular formula is C27H28N4+2. The van der Waals surface area contributed by atoms with Gasteiger partial charge in [-0.3, -0.25) is 0 Å². The second-order valence-corrected chi connectivity index (χ2v) is 8.00. The van der Waals surface area contributed by atoms with Crippen LogP contribution in [0, 0.1) is 11.8 Å². The first kappa shape index (κ1) is 19.4. The molecule has 0 spiro atoms. The first-order valence-electron chi connectivity index (χ1n) is 11.2. The fourth-order valence-corrected chi connectivity index (χ4v) is 4.42. The number of nitrogens with one attached hydrogen (secondary N) is 2. The standard InChI is InChI=1S/C27H26N4/c1-8-18-30-20-14-24(22-10-2-4-12-26(22)30)28-16-6-7-17-29-25-15-21-31(19-9-1)27-13-5-3-11-23(25)27/h2-5,10-15,20-21H,1,8-9,16-19H2/p+2. The molecule has 4 bridgehead atoms. The Kier molecular flexibility index (Phi) is 5.66. The van der Waals surface area contributed by atoms with Gasteiger partial charge in [0.15, 0.2) is 12.4 Å². The summed E-state index contributed by atoms with van der Waals surface area (Å²) in [5.74, 6) is 6.51. The maximum absolute atomic E-state index is 3.50. The third-order valence-corrected chi connectivity index (χ3v) is 6.01. The van der Waals surface area contributed by atoms with E-state index in [-0.39, 0.29) is 0 Å². The fraction of sp³-hybridized carbons (Fsp3) is 0.259. The monoisotopic (exact) mass is 408 g/mol. The van der Waals surface area contributed by atoms with Gasteiger partial charge in [0, 0.05) is 37.1 Å². The summed E-state index contributed by atoms with van der Waals surface area (Å²) >= 11 is 0. The van der Waals surface area contributed by atoms with E-state index in [0.29, 0.717) is 13.1 Å². The normalized spacial score (nSPS) is 14.7. The van der Waals surface area contributed by atoms with E-state index in [2.05, 4.69) is 105 Å². The van der Waals surface area contributed by atoms with E-state index in [1.807, 2.05) is 0 Å². The molecule has 0 saturated carbocycles. The highest BCUT2D eigenvalue weighted by molar-refractivity contribution is 5.89. The number of para-hydroxylation sites is 2. The van der Waals surface area contributed by atoms with Gasteiger partial charge in [0.25, 0.3) is 0 Å². The van der Waals surface area contributed by atoms with Crippen LogP contribution in [0.1, 0.15) is 19.3 Å². The number of anilines is 2. The summed E-state index contributed by atoms with van der Waals surface area (Å²) in [7, 11) is 0. The quantitative estimate of drug-likeness (QED) is 0.336. The molecular weight excluding hydrogens is 380 g/mol. The summed E-state index contributed by atoms with van der Waals surface area (Å²) in [5, 5.41) is 9.51. The molecule has 0 amide bonds. The molecule has 1 aliphatic rings. The number of pyridine rings is 2. The number of aromatic nitrogens is 2. The van der Waals surface area contributed by atoms with Crippen LogP contribution >= 0.6 is 0 Å². The zero-order valence-corrected chi connectivity index (χ0v) is 17.8. The van der Waals surface area contributed by atoms with Crippen molar-refractivity contribution in [3.05, 3.63) is 73.1 Å². The number of hydrogen-bond donors (Lipinski definition) is 2. The second kappa shape index (κ2) is 9.06. The third-order valence-electron chi connectivity index (χ3n) is 6.01. The molecule has 4 nitrogen and oxygen atoms in total. The molecule has 0 fully saturated rings. The van der Waals surface area contributed by atoms with Crippen LogP contribution in [-0.4, -0.2) is 13.1 Å². The Balaban J connectivity index is 1.45. The SMILES string of the molecule is C1#CCNc2cc[n+](c3ccccc23)CCCCC[n+]2ccc(c3ccccc32)NC1. The summed E-state index contributed by atoms with van der Waals surface area (Å²) in [4.78, 5) is 0. The van der Waals surface area contributed by atoms with Crippen LogP contribution in [0.3, 0.4) is 0 Å². The highest BCUT2D eigenvalue weighted by Crippen LogP contribution is 2.21. The number of benzene rings is 2. The topological polar surface area (TPSA) is 31.8 Å². The molecule has 4 heteroatoms. The summed E-state index contributed by atoms with van der Waals surface area (Å²) in [6, 6.07) is 21.6. The summed E-state index contributed by atoms with van der Waals surface area (Å²) < 4.78 is 4.75. The molecule has 0 radical (unpaired) electrons. The number of nitrogens with zero attached hydrogens (tertiary/aromatic N) is 2. The van der Waals surface area contributed by atoms with Crippen molar-refractivity contribution < 1.29 is 9.13 Å². The Morgan fingerprint density at radius 3 is 1.58 bits per heavy atom. The van der Waals surface area contributed by atoms with Gasteiger partial charge in [-0.15, -0.1) is 0 Å². The molecule has 0 unspecified atom stereocenters. The smallest absolute Gasteiger partial charge is 0.214 e. The average molecular weight is 409 g/mol. The Hall–Kier alpha value is -3.58. The van der Waals surface area contributed by atoms with Crippen LogP contribution in [-0.2, 0) is 13.1 Å². The van der Waals surface area contributed by atoms with Crippen molar-refractivity contribution in [3.8, 4) is 11.8 Å². The van der Waals surface area contributed by atoms with Crippen molar-refractivity contribution in [1.29, 1.82) is 0 Å². The van der Waals surface area contributed by atoms with Crippen molar-refractivity contribution >= 4 is 33.2 Å². The van der Waals surface area contributed by atoms with Crippen molar-refractivity contribution in [2.24, 2.45) is 0 Å². The van der Waals surface area contributed by atoms with E-state index >= 15 is 0 Å². The van der Waals surface area contributed by atoms with Gasteiger partial charge in [-0.2, -0.15) is 9.13 Å². The highest BCUT2D eigenvalue weighted by Gasteiger charge is 2.14. The predicted octanol–water partition coefficient (Wildman–Crippen LogP) is 4.28. The van der Waals surface area contributed by atoms with Gasteiger partial charge < -0.3 is 10.6 Å². The molecule has 4 aromatic rings. The molecule has 154 valence electrons. The molecule has 2 aromatic heterocycles. The maximum Gasteiger partial charge on any atom is 0.214 e. The lowest BCUT2D eigenvalue weighted by atomic mass is 10.1. The van der Waals surface area contributed by atoms with Gasteiger partial charge in [-0.25, -0.2) is 0 Å². The van der Waals surface area contributed by atoms with Gasteiger partial charge in [-0.1, -0.05) is 36.1 Å². The first-order chi connectivity index (χ1) is 15.4. The molecule has 31 heavy (non-hydrogen) atoms. The Labute approximate surface area is 183 Å². The third kappa shape index (κ3) is 4.18. The number of fused-ring (bicyclic) bond motifs is 12. The first-order valence-corrected chi connectivity index (χ1v) is 11.2. The molecule has 2 N–H and O–H groups in total. The van der Waals surface area contributed by atoms with Crippen molar-refractivity contribution in [2.75, 3.05) is 23.7 Å². The van der Waals surface area contributed by atoms with E-state index in [1.165, 1.54) is 41.1 Å². The van der Waals surface area contributed by atoms with E-state index in [1.54, 1.807) is 0 Å². The van der Waals surface area contributed by atoms with Gasteiger partial charge in [0.1, 0.15) is 13.1 Å². The molecule has 0 atom stereocenters. The number of rotatable bonds is 0. The lowest BCUT2D eigenvalue weighted by molar-refractivity contribution is -0.675. The predicted molar refractivity (Wildman–Crippen MR) is 127 cm³/mol. The second-order valence-electron chi connectivity index (χ2n) is 8.00. The van der Waals surface area contributed by atoms with Gasteiger partial charge in [0.05, 0.1) is 35.2 Å². The van der Waals surface area contributed by atoms with Crippen molar-refractivity contribution in [1.82, 2.24) is 0 Å². The van der Waals surface area contributed by atoms with Crippen LogP contribution < -0.4 is 19.8 Å². The zero-order chi connectivity index (χ0) is 20.9. The molecule has 2 aromatic carbocycles. The Bertz CT molecular complexity index is 1190. The Morgan fingerprint density at radius 2 is 1.06 bits per heavy atom. The Morgan fingerprint density at radius 1 is 0.581 bits per heavy atom. The number of aryl methyl sites for hydroxylation is 2. The largest absolute Gasteiger partial charge is 0.373 e. The van der Waals surface area contributed by atoms with E-state index in [0.717, 1.165) is 24.5 Å². The maximum atomic E-state index is 3.50. The molecule has 0 saturated heterocycles. The molecule has 5 rings (SSSR count). The average Bonchev–Trinajstić information content (AvgIpc) is 2.82. The minimum Gasteiger partial charge on any atom is -0.373 e. The van der Waals surface area contributed by atoms with Crippen molar-refractivity contribution in [3.63, 3.8) is 0 Å². The molecule has 0 aliphatic carbocycles. The lowest BCUT2D eigenvalue weighted by Gasteiger charge is -2.08. The van der Waals surface area contributed by atoms with Gasteiger partial charge >= 0.3 is 0 Å². The van der Waals surface area contributed by atoms with Crippen LogP contribution in [0.2, 0.25) is 0 Å². The summed E-state index contributed by atoms with van der Waals surface area (Å²) in [6.07, 6.45) is 7.95. The minimum atomic E-state index is 0.630.